The van der Waals surface area contributed by atoms with Crippen LogP contribution in [0, 0.1) is 22.6 Å². The summed E-state index contributed by atoms with van der Waals surface area (Å²) in [5.41, 5.74) is 6.60. The predicted octanol–water partition coefficient (Wildman–Crippen LogP) is 3.09. The highest BCUT2D eigenvalue weighted by molar-refractivity contribution is 6.00. The monoisotopic (exact) mass is 382 g/mol. The number of allylic oxidation sites excluding steroid dienone is 2. The normalized spacial score (nSPS) is 12.7. The van der Waals surface area contributed by atoms with Crippen molar-refractivity contribution in [2.75, 3.05) is 0 Å². The van der Waals surface area contributed by atoms with E-state index in [-0.39, 0.29) is 11.1 Å². The smallest absolute Gasteiger partial charge is 0.251 e. The van der Waals surface area contributed by atoms with Gasteiger partial charge in [0, 0.05) is 23.2 Å². The maximum atomic E-state index is 13.5. The van der Waals surface area contributed by atoms with Crippen molar-refractivity contribution in [3.8, 4) is 6.07 Å². The number of carbonyl (C=O) groups is 1. The Morgan fingerprint density at radius 1 is 1.46 bits per heavy atom. The molecule has 0 spiro atoms. The molecule has 0 saturated carbocycles. The van der Waals surface area contributed by atoms with E-state index < -0.39 is 17.8 Å². The fraction of sp³-hybridized carbons (Fsp3) is 0.250. The van der Waals surface area contributed by atoms with Crippen molar-refractivity contribution < 1.29 is 9.18 Å². The van der Waals surface area contributed by atoms with E-state index in [1.54, 1.807) is 19.2 Å². The van der Waals surface area contributed by atoms with Crippen LogP contribution >= 0.6 is 0 Å². The molecule has 0 fully saturated rings. The van der Waals surface area contributed by atoms with Crippen LogP contribution in [0.5, 0.6) is 0 Å². The van der Waals surface area contributed by atoms with Gasteiger partial charge in [-0.1, -0.05) is 6.58 Å². The molecule has 8 heteroatoms. The highest BCUT2D eigenvalue weighted by Crippen LogP contribution is 2.11. The second-order valence-electron chi connectivity index (χ2n) is 5.87. The van der Waals surface area contributed by atoms with Crippen LogP contribution in [-0.4, -0.2) is 30.2 Å². The molecule has 0 aliphatic heterocycles. The Balaban J connectivity index is 2.71. The van der Waals surface area contributed by atoms with E-state index >= 15 is 0 Å². The van der Waals surface area contributed by atoms with Gasteiger partial charge in [0.25, 0.3) is 5.91 Å². The van der Waals surface area contributed by atoms with Gasteiger partial charge in [-0.05, 0) is 56.7 Å². The number of nitrogens with zero attached hydrogens (tertiary/aromatic N) is 3. The van der Waals surface area contributed by atoms with Gasteiger partial charge in [-0.15, -0.1) is 0 Å². The van der Waals surface area contributed by atoms with Gasteiger partial charge >= 0.3 is 0 Å². The molecule has 0 unspecified atom stereocenters. The SMILES string of the molecule is C=C(CCC/C(=N\C=N)[C@H](C)NC(=O)c1cc(F)cc(C#N)c1)/N=C\C=C/N. The molecular formula is C20H23FN6O. The van der Waals surface area contributed by atoms with Crippen molar-refractivity contribution in [1.82, 2.24) is 5.32 Å². The van der Waals surface area contributed by atoms with Crippen molar-refractivity contribution in [1.29, 1.82) is 10.7 Å². The Hall–Kier alpha value is -3.60. The molecule has 146 valence electrons. The summed E-state index contributed by atoms with van der Waals surface area (Å²) in [7, 11) is 0. The van der Waals surface area contributed by atoms with E-state index in [1.807, 2.05) is 6.07 Å². The number of nitrogens with one attached hydrogen (secondary N) is 2. The van der Waals surface area contributed by atoms with Crippen molar-refractivity contribution in [3.05, 3.63) is 59.7 Å². The van der Waals surface area contributed by atoms with Gasteiger partial charge in [0.05, 0.1) is 17.7 Å². The van der Waals surface area contributed by atoms with Crippen LogP contribution < -0.4 is 11.1 Å². The molecule has 1 aromatic carbocycles. The van der Waals surface area contributed by atoms with Crippen LogP contribution in [0.25, 0.3) is 0 Å². The van der Waals surface area contributed by atoms with Crippen LogP contribution in [0.2, 0.25) is 0 Å². The third kappa shape index (κ3) is 7.74. The first-order valence-electron chi connectivity index (χ1n) is 8.57. The van der Waals surface area contributed by atoms with Crippen LogP contribution in [0.4, 0.5) is 4.39 Å². The molecule has 1 rings (SSSR count). The van der Waals surface area contributed by atoms with E-state index in [4.69, 9.17) is 16.4 Å². The first kappa shape index (κ1) is 22.4. The summed E-state index contributed by atoms with van der Waals surface area (Å²) in [6.45, 7) is 5.56. The largest absolute Gasteiger partial charge is 0.405 e. The van der Waals surface area contributed by atoms with E-state index in [1.165, 1.54) is 12.3 Å². The average Bonchev–Trinajstić information content (AvgIpc) is 2.66. The zero-order valence-electron chi connectivity index (χ0n) is 15.7. The summed E-state index contributed by atoms with van der Waals surface area (Å²) in [5, 5.41) is 18.8. The van der Waals surface area contributed by atoms with Crippen molar-refractivity contribution in [2.45, 2.75) is 32.2 Å². The second-order valence-corrected chi connectivity index (χ2v) is 5.87. The minimum absolute atomic E-state index is 0.0493. The Morgan fingerprint density at radius 2 is 2.21 bits per heavy atom. The molecule has 0 radical (unpaired) electrons. The fourth-order valence-electron chi connectivity index (χ4n) is 2.36. The molecule has 0 aliphatic carbocycles. The number of rotatable bonds is 10. The van der Waals surface area contributed by atoms with Gasteiger partial charge in [0.2, 0.25) is 0 Å². The number of halogens is 1. The summed E-state index contributed by atoms with van der Waals surface area (Å²) in [4.78, 5) is 20.5. The average molecular weight is 382 g/mol. The molecule has 4 N–H and O–H groups in total. The van der Waals surface area contributed by atoms with Gasteiger partial charge < -0.3 is 11.1 Å². The maximum absolute atomic E-state index is 13.5. The standard InChI is InChI=1S/C20H23FN6O/c1-14(25-8-4-7-22)5-3-6-19(26-13-24)15(2)27-20(28)17-9-16(12-23)10-18(21)11-17/h4,7-11,13,15,24H,1,3,5-6,22H2,2H3,(H,27,28)/b7-4-,24-13?,25-8-,26-19+/t15-/m0/s1. The highest BCUT2D eigenvalue weighted by atomic mass is 19.1. The second kappa shape index (κ2) is 11.9. The fourth-order valence-corrected chi connectivity index (χ4v) is 2.36. The van der Waals surface area contributed by atoms with Crippen molar-refractivity contribution in [3.63, 3.8) is 0 Å². The Kier molecular flexibility index (Phi) is 9.54. The molecule has 0 saturated heterocycles. The summed E-state index contributed by atoms with van der Waals surface area (Å²) in [6, 6.07) is 4.78. The Labute approximate surface area is 163 Å². The van der Waals surface area contributed by atoms with E-state index in [0.29, 0.717) is 30.7 Å². The zero-order valence-corrected chi connectivity index (χ0v) is 15.7. The van der Waals surface area contributed by atoms with Gasteiger partial charge in [-0.25, -0.2) is 9.38 Å². The molecular weight excluding hydrogens is 359 g/mol. The number of amides is 1. The molecule has 1 aromatic rings. The van der Waals surface area contributed by atoms with Gasteiger partial charge in [-0.3, -0.25) is 15.2 Å². The third-order valence-corrected chi connectivity index (χ3v) is 3.72. The maximum Gasteiger partial charge on any atom is 0.251 e. The van der Waals surface area contributed by atoms with Gasteiger partial charge in [-0.2, -0.15) is 5.26 Å². The number of hydrogen-bond acceptors (Lipinski definition) is 5. The zero-order chi connectivity index (χ0) is 20.9. The van der Waals surface area contributed by atoms with Crippen LogP contribution in [0.3, 0.4) is 0 Å². The lowest BCUT2D eigenvalue weighted by atomic mass is 10.0. The topological polar surface area (TPSA) is 127 Å². The van der Waals surface area contributed by atoms with Crippen molar-refractivity contribution >= 4 is 24.2 Å². The third-order valence-electron chi connectivity index (χ3n) is 3.72. The van der Waals surface area contributed by atoms with Gasteiger partial charge in [0.1, 0.15) is 12.2 Å². The molecule has 1 atom stereocenters. The Morgan fingerprint density at radius 3 is 2.86 bits per heavy atom. The van der Waals surface area contributed by atoms with Gasteiger partial charge in [0.15, 0.2) is 0 Å². The summed E-state index contributed by atoms with van der Waals surface area (Å²) >= 11 is 0. The minimum atomic E-state index is -0.659. The molecule has 7 nitrogen and oxygen atoms in total. The minimum Gasteiger partial charge on any atom is -0.405 e. The van der Waals surface area contributed by atoms with Crippen LogP contribution in [0.1, 0.15) is 42.1 Å². The summed E-state index contributed by atoms with van der Waals surface area (Å²) in [5.74, 6) is -1.18. The highest BCUT2D eigenvalue weighted by Gasteiger charge is 2.16. The molecule has 0 aromatic heterocycles. The van der Waals surface area contributed by atoms with E-state index in [2.05, 4.69) is 21.9 Å². The number of carbonyl (C=O) groups excluding carboxylic acids is 1. The molecule has 0 heterocycles. The molecule has 1 amide bonds. The lowest BCUT2D eigenvalue weighted by molar-refractivity contribution is 0.0948. The van der Waals surface area contributed by atoms with Crippen LogP contribution in [-0.2, 0) is 0 Å². The first-order valence-corrected chi connectivity index (χ1v) is 8.57. The Bertz CT molecular complexity index is 851. The lowest BCUT2D eigenvalue weighted by Gasteiger charge is -2.16. The lowest BCUT2D eigenvalue weighted by Crippen LogP contribution is -2.38. The number of benzene rings is 1. The quantitative estimate of drug-likeness (QED) is 0.425. The summed E-state index contributed by atoms with van der Waals surface area (Å²) < 4.78 is 13.5. The summed E-state index contributed by atoms with van der Waals surface area (Å²) in [6.07, 6.45) is 7.23. The first-order chi connectivity index (χ1) is 13.4. The van der Waals surface area contributed by atoms with Crippen molar-refractivity contribution in [2.24, 2.45) is 15.7 Å². The molecule has 0 bridgehead atoms. The van der Waals surface area contributed by atoms with E-state index in [9.17, 15) is 9.18 Å². The van der Waals surface area contributed by atoms with E-state index in [0.717, 1.165) is 18.5 Å². The number of nitriles is 1. The number of aliphatic imine (C=N–C) groups is 2. The van der Waals surface area contributed by atoms with Crippen LogP contribution in [0.15, 0.2) is 52.7 Å². The number of hydrogen-bond donors (Lipinski definition) is 3. The number of nitrogens with two attached hydrogens (primary N) is 1. The predicted molar refractivity (Wildman–Crippen MR) is 109 cm³/mol. The molecule has 28 heavy (non-hydrogen) atoms. The molecule has 0 aliphatic rings.